The second kappa shape index (κ2) is 5.46. The maximum Gasteiger partial charge on any atom is 0.242 e. The average Bonchev–Trinajstić information content (AvgIpc) is 2.59. The molecular formula is C15H12F2N2OS. The lowest BCUT2D eigenvalue weighted by molar-refractivity contribution is -0.117. The molecule has 3 nitrogen and oxygen atoms in total. The summed E-state index contributed by atoms with van der Waals surface area (Å²) < 4.78 is 27.4. The molecule has 6 heteroatoms. The number of anilines is 1. The lowest BCUT2D eigenvalue weighted by atomic mass is 10.0. The molecule has 0 aliphatic carbocycles. The van der Waals surface area contributed by atoms with Crippen LogP contribution in [-0.4, -0.2) is 11.9 Å². The molecule has 2 atom stereocenters. The zero-order chi connectivity index (χ0) is 15.0. The summed E-state index contributed by atoms with van der Waals surface area (Å²) >= 11 is 1.25. The zero-order valence-corrected chi connectivity index (χ0v) is 11.7. The van der Waals surface area contributed by atoms with Gasteiger partial charge in [-0.15, -0.1) is 11.8 Å². The smallest absolute Gasteiger partial charge is 0.242 e. The van der Waals surface area contributed by atoms with Crippen LogP contribution in [0.5, 0.6) is 0 Å². The first-order valence-corrected chi connectivity index (χ1v) is 7.21. The van der Waals surface area contributed by atoms with E-state index in [1.807, 2.05) is 12.1 Å². The summed E-state index contributed by atoms with van der Waals surface area (Å²) in [5, 5.41) is 2.01. The van der Waals surface area contributed by atoms with Gasteiger partial charge in [0.25, 0.3) is 0 Å². The van der Waals surface area contributed by atoms with E-state index in [0.29, 0.717) is 5.69 Å². The minimum atomic E-state index is -0.973. The zero-order valence-electron chi connectivity index (χ0n) is 10.8. The number of nitrogens with one attached hydrogen (secondary N) is 1. The predicted octanol–water partition coefficient (Wildman–Crippen LogP) is 3.08. The van der Waals surface area contributed by atoms with Gasteiger partial charge in [-0.2, -0.15) is 0 Å². The van der Waals surface area contributed by atoms with Crippen LogP contribution in [-0.2, 0) is 4.79 Å². The van der Waals surface area contributed by atoms with Gasteiger partial charge < -0.3 is 11.1 Å². The van der Waals surface area contributed by atoms with Crippen LogP contribution in [0.3, 0.4) is 0 Å². The van der Waals surface area contributed by atoms with Gasteiger partial charge in [0.05, 0.1) is 10.9 Å². The molecule has 1 amide bonds. The third-order valence-electron chi connectivity index (χ3n) is 3.29. The highest BCUT2D eigenvalue weighted by Gasteiger charge is 2.33. The van der Waals surface area contributed by atoms with Crippen molar-refractivity contribution in [3.05, 3.63) is 59.7 Å². The van der Waals surface area contributed by atoms with E-state index >= 15 is 0 Å². The average molecular weight is 306 g/mol. The molecule has 0 fully saturated rings. The summed E-state index contributed by atoms with van der Waals surface area (Å²) in [5.41, 5.74) is 6.65. The van der Waals surface area contributed by atoms with Crippen molar-refractivity contribution in [1.29, 1.82) is 0 Å². The van der Waals surface area contributed by atoms with E-state index in [1.165, 1.54) is 11.8 Å². The molecule has 1 heterocycles. The number of hydrogen-bond acceptors (Lipinski definition) is 3. The first kappa shape index (κ1) is 14.0. The second-order valence-electron chi connectivity index (χ2n) is 4.72. The van der Waals surface area contributed by atoms with E-state index in [9.17, 15) is 13.6 Å². The number of rotatable bonds is 1. The predicted molar refractivity (Wildman–Crippen MR) is 78.0 cm³/mol. The van der Waals surface area contributed by atoms with Crippen LogP contribution in [0.4, 0.5) is 14.5 Å². The van der Waals surface area contributed by atoms with E-state index in [-0.39, 0.29) is 5.56 Å². The Hall–Kier alpha value is -1.92. The van der Waals surface area contributed by atoms with Gasteiger partial charge in [0.1, 0.15) is 17.7 Å². The van der Waals surface area contributed by atoms with Gasteiger partial charge in [-0.3, -0.25) is 4.79 Å². The van der Waals surface area contributed by atoms with E-state index in [0.717, 1.165) is 23.1 Å². The fraction of sp³-hybridized carbons (Fsp3) is 0.133. The lowest BCUT2D eigenvalue weighted by Gasteiger charge is -2.20. The Labute approximate surface area is 124 Å². The van der Waals surface area contributed by atoms with Crippen molar-refractivity contribution in [1.82, 2.24) is 0 Å². The molecule has 3 N–H and O–H groups in total. The van der Waals surface area contributed by atoms with E-state index < -0.39 is 28.8 Å². The number of carbonyl (C=O) groups excluding carboxylic acids is 1. The highest BCUT2D eigenvalue weighted by Crippen LogP contribution is 2.43. The van der Waals surface area contributed by atoms with Gasteiger partial charge >= 0.3 is 0 Å². The standard InChI is InChI=1S/C15H12F2N2OS/c16-8-5-6-10(17)9(7-8)14-13(18)15(20)19-11-3-1-2-4-12(11)21-14/h1-7,13-14H,18H2,(H,19,20)/t13-,14+/m0/s1. The molecule has 2 aromatic carbocycles. The Morgan fingerprint density at radius 1 is 1.14 bits per heavy atom. The summed E-state index contributed by atoms with van der Waals surface area (Å²) in [5.74, 6) is -1.55. The number of halogens is 2. The Bertz CT molecular complexity index is 708. The van der Waals surface area contributed by atoms with Gasteiger partial charge in [0, 0.05) is 10.5 Å². The number of benzene rings is 2. The van der Waals surface area contributed by atoms with Crippen LogP contribution in [0, 0.1) is 11.6 Å². The largest absolute Gasteiger partial charge is 0.324 e. The van der Waals surface area contributed by atoms with Crippen LogP contribution >= 0.6 is 11.8 Å². The fourth-order valence-electron chi connectivity index (χ4n) is 2.23. The topological polar surface area (TPSA) is 55.1 Å². The Morgan fingerprint density at radius 3 is 2.71 bits per heavy atom. The summed E-state index contributed by atoms with van der Waals surface area (Å²) in [6.07, 6.45) is 0. The first-order valence-electron chi connectivity index (χ1n) is 6.33. The van der Waals surface area contributed by atoms with Crippen molar-refractivity contribution in [3.8, 4) is 0 Å². The van der Waals surface area contributed by atoms with Crippen LogP contribution < -0.4 is 11.1 Å². The summed E-state index contributed by atoms with van der Waals surface area (Å²) in [7, 11) is 0. The van der Waals surface area contributed by atoms with Crippen molar-refractivity contribution >= 4 is 23.4 Å². The van der Waals surface area contributed by atoms with E-state index in [4.69, 9.17) is 5.73 Å². The molecular weight excluding hydrogens is 294 g/mol. The highest BCUT2D eigenvalue weighted by molar-refractivity contribution is 7.99. The summed E-state index contributed by atoms with van der Waals surface area (Å²) in [6, 6.07) is 9.36. The van der Waals surface area contributed by atoms with Gasteiger partial charge in [0.2, 0.25) is 5.91 Å². The number of fused-ring (bicyclic) bond motifs is 1. The molecule has 1 aliphatic rings. The van der Waals surface area contributed by atoms with Gasteiger partial charge in [-0.1, -0.05) is 12.1 Å². The summed E-state index contributed by atoms with van der Waals surface area (Å²) in [4.78, 5) is 12.9. The SMILES string of the molecule is N[C@@H]1C(=O)Nc2ccccc2S[C@@H]1c1cc(F)ccc1F. The van der Waals surface area contributed by atoms with Crippen molar-refractivity contribution in [2.45, 2.75) is 16.2 Å². The van der Waals surface area contributed by atoms with Crippen molar-refractivity contribution < 1.29 is 13.6 Å². The minimum absolute atomic E-state index is 0.0966. The molecule has 2 aromatic rings. The maximum atomic E-state index is 14.0. The van der Waals surface area contributed by atoms with Crippen molar-refractivity contribution in [2.75, 3.05) is 5.32 Å². The molecule has 0 bridgehead atoms. The van der Waals surface area contributed by atoms with Gasteiger partial charge in [0.15, 0.2) is 0 Å². The molecule has 0 saturated carbocycles. The second-order valence-corrected chi connectivity index (χ2v) is 5.90. The molecule has 21 heavy (non-hydrogen) atoms. The van der Waals surface area contributed by atoms with Crippen LogP contribution in [0.25, 0.3) is 0 Å². The quantitative estimate of drug-likeness (QED) is 0.851. The van der Waals surface area contributed by atoms with Crippen LogP contribution in [0.2, 0.25) is 0 Å². The van der Waals surface area contributed by atoms with Crippen LogP contribution in [0.1, 0.15) is 10.8 Å². The van der Waals surface area contributed by atoms with Gasteiger partial charge in [-0.25, -0.2) is 8.78 Å². The van der Waals surface area contributed by atoms with Crippen molar-refractivity contribution in [2.24, 2.45) is 5.73 Å². The van der Waals surface area contributed by atoms with Crippen LogP contribution in [0.15, 0.2) is 47.4 Å². The number of hydrogen-bond donors (Lipinski definition) is 2. The molecule has 0 saturated heterocycles. The normalized spacial score (nSPS) is 21.4. The van der Waals surface area contributed by atoms with Crippen molar-refractivity contribution in [3.63, 3.8) is 0 Å². The number of para-hydroxylation sites is 1. The number of carbonyl (C=O) groups is 1. The molecule has 108 valence electrons. The fourth-order valence-corrected chi connectivity index (χ4v) is 3.48. The monoisotopic (exact) mass is 306 g/mol. The van der Waals surface area contributed by atoms with Gasteiger partial charge in [-0.05, 0) is 30.3 Å². The Morgan fingerprint density at radius 2 is 1.90 bits per heavy atom. The molecule has 0 radical (unpaired) electrons. The highest BCUT2D eigenvalue weighted by atomic mass is 32.2. The number of nitrogens with two attached hydrogens (primary N) is 1. The number of amides is 1. The third kappa shape index (κ3) is 2.64. The summed E-state index contributed by atoms with van der Waals surface area (Å²) in [6.45, 7) is 0. The molecule has 1 aliphatic heterocycles. The Balaban J connectivity index is 2.09. The molecule has 0 unspecified atom stereocenters. The molecule has 3 rings (SSSR count). The third-order valence-corrected chi connectivity index (χ3v) is 4.70. The lowest BCUT2D eigenvalue weighted by Crippen LogP contribution is -2.38. The molecule has 0 spiro atoms. The van der Waals surface area contributed by atoms with E-state index in [2.05, 4.69) is 5.32 Å². The molecule has 0 aromatic heterocycles. The Kier molecular flexibility index (Phi) is 3.65. The maximum absolute atomic E-state index is 14.0. The minimum Gasteiger partial charge on any atom is -0.324 e. The first-order chi connectivity index (χ1) is 10.1. The van der Waals surface area contributed by atoms with E-state index in [1.54, 1.807) is 12.1 Å². The number of thioether (sulfide) groups is 1.